The number of carbonyl (C=O) groups is 1. The summed E-state index contributed by atoms with van der Waals surface area (Å²) in [6, 6.07) is 24.7. The Hall–Kier alpha value is -3.91. The number of unbranched alkanes of at least 4 members (excludes halogenated alkanes) is 1. The molecule has 8 heteroatoms. The van der Waals surface area contributed by atoms with E-state index in [1.54, 1.807) is 16.7 Å². The molecule has 0 saturated carbocycles. The highest BCUT2D eigenvalue weighted by Gasteiger charge is 2.34. The summed E-state index contributed by atoms with van der Waals surface area (Å²) in [5, 5.41) is 9.36. The van der Waals surface area contributed by atoms with Crippen LogP contribution in [-0.4, -0.2) is 26.8 Å². The zero-order valence-corrected chi connectivity index (χ0v) is 20.9. The van der Waals surface area contributed by atoms with Crippen molar-refractivity contribution >= 4 is 23.4 Å². The first-order chi connectivity index (χ1) is 17.6. The van der Waals surface area contributed by atoms with Gasteiger partial charge in [0.15, 0.2) is 5.69 Å². The quantitative estimate of drug-likeness (QED) is 0.208. The SMILES string of the molecule is CCCCSc1nnc2c(n1)OC(c1cccc(Oc3ccccc3)c1)N(C(C)=O)c1ccccc1-2. The summed E-state index contributed by atoms with van der Waals surface area (Å²) in [5.74, 6) is 2.44. The van der Waals surface area contributed by atoms with E-state index in [1.807, 2.05) is 78.9 Å². The number of hydrogen-bond donors (Lipinski definition) is 0. The first-order valence-corrected chi connectivity index (χ1v) is 12.9. The normalized spacial score (nSPS) is 14.3. The second kappa shape index (κ2) is 10.8. The van der Waals surface area contributed by atoms with Crippen molar-refractivity contribution in [3.05, 3.63) is 84.4 Å². The van der Waals surface area contributed by atoms with Crippen LogP contribution in [0.2, 0.25) is 0 Å². The molecule has 0 aliphatic carbocycles. The van der Waals surface area contributed by atoms with Crippen LogP contribution in [0.15, 0.2) is 84.0 Å². The Morgan fingerprint density at radius 3 is 2.58 bits per heavy atom. The van der Waals surface area contributed by atoms with E-state index in [2.05, 4.69) is 17.1 Å². The van der Waals surface area contributed by atoms with E-state index < -0.39 is 6.23 Å². The number of hydrogen-bond acceptors (Lipinski definition) is 7. The molecular formula is C28H26N4O3S. The average Bonchev–Trinajstić information content (AvgIpc) is 3.04. The number of amides is 1. The van der Waals surface area contributed by atoms with Gasteiger partial charge in [-0.2, -0.15) is 4.98 Å². The minimum Gasteiger partial charge on any atom is -0.457 e. The molecule has 0 spiro atoms. The standard InChI is InChI=1S/C28H26N4O3S/c1-3-4-17-36-28-29-26-25(30-31-28)23-15-8-9-16-24(23)32(19(2)33)27(35-26)20-11-10-14-22(18-20)34-21-12-6-5-7-13-21/h5-16,18,27H,3-4,17H2,1-2H3. The van der Waals surface area contributed by atoms with E-state index in [-0.39, 0.29) is 5.91 Å². The van der Waals surface area contributed by atoms with Gasteiger partial charge in [-0.05, 0) is 36.8 Å². The molecule has 0 N–H and O–H groups in total. The zero-order chi connectivity index (χ0) is 24.9. The lowest BCUT2D eigenvalue weighted by atomic mass is 10.1. The molecule has 7 nitrogen and oxygen atoms in total. The third kappa shape index (κ3) is 5.04. The maximum absolute atomic E-state index is 13.0. The fourth-order valence-electron chi connectivity index (χ4n) is 3.99. The number of fused-ring (bicyclic) bond motifs is 3. The molecule has 1 atom stereocenters. The molecule has 182 valence electrons. The number of nitrogens with zero attached hydrogens (tertiary/aromatic N) is 4. The Bertz CT molecular complexity index is 1370. The minimum absolute atomic E-state index is 0.167. The van der Waals surface area contributed by atoms with E-state index in [0.717, 1.165) is 35.5 Å². The van der Waals surface area contributed by atoms with Crippen molar-refractivity contribution in [3.8, 4) is 28.6 Å². The number of benzene rings is 3. The summed E-state index contributed by atoms with van der Waals surface area (Å²) in [6.45, 7) is 3.67. The highest BCUT2D eigenvalue weighted by molar-refractivity contribution is 7.99. The lowest BCUT2D eigenvalue weighted by Gasteiger charge is -2.30. The van der Waals surface area contributed by atoms with E-state index >= 15 is 0 Å². The molecule has 1 amide bonds. The van der Waals surface area contributed by atoms with E-state index in [1.165, 1.54) is 6.92 Å². The average molecular weight is 499 g/mol. The molecule has 0 saturated heterocycles. The molecular weight excluding hydrogens is 472 g/mol. The molecule has 1 unspecified atom stereocenters. The number of carbonyl (C=O) groups excluding carboxylic acids is 1. The molecule has 3 aromatic carbocycles. The molecule has 1 aliphatic heterocycles. The van der Waals surface area contributed by atoms with Gasteiger partial charge in [-0.25, -0.2) is 0 Å². The predicted octanol–water partition coefficient (Wildman–Crippen LogP) is 6.67. The molecule has 2 heterocycles. The first-order valence-electron chi connectivity index (χ1n) is 11.9. The monoisotopic (exact) mass is 498 g/mol. The third-order valence-electron chi connectivity index (χ3n) is 5.70. The number of ether oxygens (including phenoxy) is 2. The summed E-state index contributed by atoms with van der Waals surface area (Å²) in [7, 11) is 0. The third-order valence-corrected chi connectivity index (χ3v) is 6.63. The summed E-state index contributed by atoms with van der Waals surface area (Å²) in [4.78, 5) is 19.4. The number of para-hydroxylation sites is 2. The maximum atomic E-state index is 13.0. The van der Waals surface area contributed by atoms with Gasteiger partial charge >= 0.3 is 0 Å². The lowest BCUT2D eigenvalue weighted by molar-refractivity contribution is -0.118. The van der Waals surface area contributed by atoms with Gasteiger partial charge in [0.05, 0.1) is 5.69 Å². The van der Waals surface area contributed by atoms with Crippen LogP contribution in [0, 0.1) is 0 Å². The van der Waals surface area contributed by atoms with Gasteiger partial charge < -0.3 is 9.47 Å². The summed E-state index contributed by atoms with van der Waals surface area (Å²) in [5.41, 5.74) is 2.69. The summed E-state index contributed by atoms with van der Waals surface area (Å²) in [6.07, 6.45) is 1.38. The second-order valence-electron chi connectivity index (χ2n) is 8.31. The molecule has 1 aliphatic rings. The van der Waals surface area contributed by atoms with Gasteiger partial charge in [0.1, 0.15) is 11.5 Å². The highest BCUT2D eigenvalue weighted by Crippen LogP contribution is 2.43. The molecule has 4 aromatic rings. The van der Waals surface area contributed by atoms with E-state index in [4.69, 9.17) is 14.5 Å². The Kier molecular flexibility index (Phi) is 7.13. The van der Waals surface area contributed by atoms with Crippen LogP contribution in [0.5, 0.6) is 17.4 Å². The summed E-state index contributed by atoms with van der Waals surface area (Å²) >= 11 is 1.55. The van der Waals surface area contributed by atoms with Crippen LogP contribution in [0.25, 0.3) is 11.3 Å². The van der Waals surface area contributed by atoms with Crippen LogP contribution in [0.3, 0.4) is 0 Å². The van der Waals surface area contributed by atoms with E-state index in [0.29, 0.717) is 28.2 Å². The molecule has 0 fully saturated rings. The molecule has 36 heavy (non-hydrogen) atoms. The molecule has 5 rings (SSSR count). The first kappa shape index (κ1) is 23.8. The van der Waals surface area contributed by atoms with Crippen LogP contribution in [-0.2, 0) is 4.79 Å². The Morgan fingerprint density at radius 1 is 1.00 bits per heavy atom. The van der Waals surface area contributed by atoms with Gasteiger partial charge in [-0.3, -0.25) is 9.69 Å². The van der Waals surface area contributed by atoms with E-state index in [9.17, 15) is 4.79 Å². The van der Waals surface area contributed by atoms with Crippen molar-refractivity contribution < 1.29 is 14.3 Å². The summed E-state index contributed by atoms with van der Waals surface area (Å²) < 4.78 is 12.5. The number of aromatic nitrogens is 3. The Balaban J connectivity index is 1.58. The Morgan fingerprint density at radius 2 is 1.78 bits per heavy atom. The van der Waals surface area contributed by atoms with Crippen LogP contribution < -0.4 is 14.4 Å². The van der Waals surface area contributed by atoms with Crippen molar-refractivity contribution in [1.82, 2.24) is 15.2 Å². The van der Waals surface area contributed by atoms with Crippen molar-refractivity contribution in [2.45, 2.75) is 38.1 Å². The number of rotatable bonds is 7. The fourth-order valence-corrected chi connectivity index (χ4v) is 4.86. The zero-order valence-electron chi connectivity index (χ0n) is 20.1. The van der Waals surface area contributed by atoms with Gasteiger partial charge in [0.25, 0.3) is 0 Å². The van der Waals surface area contributed by atoms with Crippen LogP contribution >= 0.6 is 11.8 Å². The van der Waals surface area contributed by atoms with Crippen molar-refractivity contribution in [2.75, 3.05) is 10.7 Å². The molecule has 0 radical (unpaired) electrons. The smallest absolute Gasteiger partial charge is 0.247 e. The topological polar surface area (TPSA) is 77.4 Å². The number of anilines is 1. The van der Waals surface area contributed by atoms with Crippen LogP contribution in [0.4, 0.5) is 5.69 Å². The van der Waals surface area contributed by atoms with Crippen molar-refractivity contribution in [3.63, 3.8) is 0 Å². The largest absolute Gasteiger partial charge is 0.457 e. The van der Waals surface area contributed by atoms with Crippen molar-refractivity contribution in [2.24, 2.45) is 0 Å². The molecule has 1 aromatic heterocycles. The van der Waals surface area contributed by atoms with Gasteiger partial charge in [0, 0.05) is 23.8 Å². The van der Waals surface area contributed by atoms with Gasteiger partial charge in [0.2, 0.25) is 23.2 Å². The molecule has 0 bridgehead atoms. The number of thioether (sulfide) groups is 1. The minimum atomic E-state index is -0.769. The van der Waals surface area contributed by atoms with Gasteiger partial charge in [-0.1, -0.05) is 73.6 Å². The van der Waals surface area contributed by atoms with Crippen LogP contribution in [0.1, 0.15) is 38.5 Å². The lowest BCUT2D eigenvalue weighted by Crippen LogP contribution is -2.36. The van der Waals surface area contributed by atoms with Crippen molar-refractivity contribution in [1.29, 1.82) is 0 Å². The fraction of sp³-hybridized carbons (Fsp3) is 0.214. The van der Waals surface area contributed by atoms with Gasteiger partial charge in [-0.15, -0.1) is 10.2 Å². The Labute approximate surface area is 214 Å². The second-order valence-corrected chi connectivity index (χ2v) is 9.38. The maximum Gasteiger partial charge on any atom is 0.247 e. The highest BCUT2D eigenvalue weighted by atomic mass is 32.2. The predicted molar refractivity (Wildman–Crippen MR) is 140 cm³/mol.